The van der Waals surface area contributed by atoms with Gasteiger partial charge in [-0.15, -0.1) is 11.3 Å². The SMILES string of the molecule is Cc1cccc(COc2ccc(/C(O)=C3\C(=O)C(=O)N(c4nccs4)[C@@H]3c3cccc([N+](=O)[O-])c3)cc2)c1. The molecule has 2 heterocycles. The van der Waals surface area contributed by atoms with E-state index < -0.39 is 28.4 Å². The minimum Gasteiger partial charge on any atom is -0.507 e. The van der Waals surface area contributed by atoms with Crippen LogP contribution in [0.5, 0.6) is 5.75 Å². The highest BCUT2D eigenvalue weighted by molar-refractivity contribution is 7.14. The smallest absolute Gasteiger partial charge is 0.301 e. The highest BCUT2D eigenvalue weighted by Crippen LogP contribution is 2.43. The molecule has 1 N–H and O–H groups in total. The predicted molar refractivity (Wildman–Crippen MR) is 142 cm³/mol. The predicted octanol–water partition coefficient (Wildman–Crippen LogP) is 5.57. The topological polar surface area (TPSA) is 123 Å². The normalized spacial score (nSPS) is 16.6. The summed E-state index contributed by atoms with van der Waals surface area (Å²) in [6.07, 6.45) is 1.49. The van der Waals surface area contributed by atoms with Gasteiger partial charge in [0.2, 0.25) is 0 Å². The molecule has 1 aromatic heterocycles. The summed E-state index contributed by atoms with van der Waals surface area (Å²) < 4.78 is 5.84. The summed E-state index contributed by atoms with van der Waals surface area (Å²) in [6.45, 7) is 2.36. The number of carbonyl (C=O) groups excluding carboxylic acids is 2. The molecule has 0 radical (unpaired) electrons. The van der Waals surface area contributed by atoms with Crippen LogP contribution < -0.4 is 9.64 Å². The molecule has 10 heteroatoms. The second-order valence-corrected chi connectivity index (χ2v) is 9.51. The number of aromatic nitrogens is 1. The number of amides is 1. The molecule has 1 atom stereocenters. The average Bonchev–Trinajstić information content (AvgIpc) is 3.54. The number of aliphatic hydroxyl groups is 1. The number of Topliss-reactive ketones (excluding diaryl/α,β-unsaturated/α-hetero) is 1. The van der Waals surface area contributed by atoms with Crippen LogP contribution in [0.3, 0.4) is 0 Å². The number of ether oxygens (including phenoxy) is 1. The lowest BCUT2D eigenvalue weighted by atomic mass is 9.95. The molecule has 1 fully saturated rings. The number of hydrogen-bond acceptors (Lipinski definition) is 8. The van der Waals surface area contributed by atoms with E-state index in [4.69, 9.17) is 4.74 Å². The third-order valence-corrected chi connectivity index (χ3v) is 6.85. The Morgan fingerprint density at radius 1 is 1.11 bits per heavy atom. The highest BCUT2D eigenvalue weighted by atomic mass is 32.1. The van der Waals surface area contributed by atoms with Gasteiger partial charge in [-0.3, -0.25) is 24.6 Å². The molecule has 38 heavy (non-hydrogen) atoms. The number of rotatable bonds is 7. The second-order valence-electron chi connectivity index (χ2n) is 8.64. The van der Waals surface area contributed by atoms with Gasteiger partial charge < -0.3 is 9.84 Å². The number of hydrogen-bond donors (Lipinski definition) is 1. The zero-order valence-corrected chi connectivity index (χ0v) is 20.9. The van der Waals surface area contributed by atoms with Crippen LogP contribution in [0, 0.1) is 17.0 Å². The maximum absolute atomic E-state index is 13.2. The number of thiazole rings is 1. The van der Waals surface area contributed by atoms with Crippen LogP contribution in [0.25, 0.3) is 5.76 Å². The van der Waals surface area contributed by atoms with Crippen molar-refractivity contribution in [3.8, 4) is 5.75 Å². The van der Waals surface area contributed by atoms with Gasteiger partial charge in [0.1, 0.15) is 18.1 Å². The third kappa shape index (κ3) is 4.76. The fourth-order valence-electron chi connectivity index (χ4n) is 4.32. The first-order valence-corrected chi connectivity index (χ1v) is 12.4. The number of nitro benzene ring substituents is 1. The van der Waals surface area contributed by atoms with E-state index in [9.17, 15) is 24.8 Å². The number of nitro groups is 1. The largest absolute Gasteiger partial charge is 0.507 e. The van der Waals surface area contributed by atoms with E-state index >= 15 is 0 Å². The number of carbonyl (C=O) groups is 2. The summed E-state index contributed by atoms with van der Waals surface area (Å²) in [4.78, 5) is 42.5. The van der Waals surface area contributed by atoms with E-state index in [1.54, 1.807) is 35.7 Å². The summed E-state index contributed by atoms with van der Waals surface area (Å²) >= 11 is 1.14. The van der Waals surface area contributed by atoms with Crippen LogP contribution in [0.4, 0.5) is 10.8 Å². The molecular formula is C28H21N3O6S. The van der Waals surface area contributed by atoms with Gasteiger partial charge in [0.05, 0.1) is 16.5 Å². The van der Waals surface area contributed by atoms with E-state index in [1.807, 2.05) is 31.2 Å². The summed E-state index contributed by atoms with van der Waals surface area (Å²) in [5, 5.41) is 24.5. The number of ketones is 1. The van der Waals surface area contributed by atoms with Crippen molar-refractivity contribution in [2.45, 2.75) is 19.6 Å². The van der Waals surface area contributed by atoms with Crippen molar-refractivity contribution in [3.63, 3.8) is 0 Å². The Balaban J connectivity index is 1.52. The van der Waals surface area contributed by atoms with Crippen molar-refractivity contribution in [2.24, 2.45) is 0 Å². The lowest BCUT2D eigenvalue weighted by Gasteiger charge is -2.22. The Kier molecular flexibility index (Phi) is 6.71. The summed E-state index contributed by atoms with van der Waals surface area (Å²) in [5.41, 5.74) is 2.34. The molecule has 5 rings (SSSR count). The lowest BCUT2D eigenvalue weighted by molar-refractivity contribution is -0.384. The molecule has 0 bridgehead atoms. The van der Waals surface area contributed by atoms with Crippen molar-refractivity contribution in [3.05, 3.63) is 122 Å². The number of aryl methyl sites for hydroxylation is 1. The van der Waals surface area contributed by atoms with E-state index in [-0.39, 0.29) is 16.4 Å². The van der Waals surface area contributed by atoms with Crippen molar-refractivity contribution < 1.29 is 24.4 Å². The van der Waals surface area contributed by atoms with Crippen LogP contribution in [0.15, 0.2) is 89.9 Å². The second kappa shape index (κ2) is 10.3. The van der Waals surface area contributed by atoms with Gasteiger partial charge in [-0.25, -0.2) is 4.98 Å². The van der Waals surface area contributed by atoms with Gasteiger partial charge in [0, 0.05) is 29.3 Å². The fourth-order valence-corrected chi connectivity index (χ4v) is 4.99. The van der Waals surface area contributed by atoms with Gasteiger partial charge >= 0.3 is 5.91 Å². The standard InChI is InChI=1S/C28H21N3O6S/c1-17-4-2-5-18(14-17)16-37-22-10-8-19(9-11-22)25(32)23-24(20-6-3-7-21(15-20)31(35)36)30(27(34)26(23)33)28-29-12-13-38-28/h2-15,24,32H,16H2,1H3/b25-23+/t24-/m1/s1. The summed E-state index contributed by atoms with van der Waals surface area (Å²) in [6, 6.07) is 19.0. The van der Waals surface area contributed by atoms with E-state index in [0.29, 0.717) is 23.5 Å². The fraction of sp³-hybridized carbons (Fsp3) is 0.107. The summed E-state index contributed by atoms with van der Waals surface area (Å²) in [5.74, 6) is -1.63. The van der Waals surface area contributed by atoms with Crippen LogP contribution in [0.2, 0.25) is 0 Å². The van der Waals surface area contributed by atoms with E-state index in [2.05, 4.69) is 4.98 Å². The number of non-ortho nitro benzene ring substituents is 1. The Morgan fingerprint density at radius 2 is 1.87 bits per heavy atom. The molecule has 0 spiro atoms. The number of nitrogens with zero attached hydrogens (tertiary/aromatic N) is 3. The highest BCUT2D eigenvalue weighted by Gasteiger charge is 2.48. The van der Waals surface area contributed by atoms with E-state index in [0.717, 1.165) is 27.4 Å². The number of benzene rings is 3. The van der Waals surface area contributed by atoms with E-state index in [1.165, 1.54) is 24.4 Å². The molecule has 0 unspecified atom stereocenters. The van der Waals surface area contributed by atoms with Crippen LogP contribution in [-0.2, 0) is 16.2 Å². The van der Waals surface area contributed by atoms with Gasteiger partial charge in [-0.1, -0.05) is 42.0 Å². The van der Waals surface area contributed by atoms with Gasteiger partial charge in [0.25, 0.3) is 11.5 Å². The van der Waals surface area contributed by atoms with Crippen LogP contribution in [-0.4, -0.2) is 26.7 Å². The Labute approximate surface area is 221 Å². The third-order valence-electron chi connectivity index (χ3n) is 6.08. The molecule has 0 saturated carbocycles. The molecule has 9 nitrogen and oxygen atoms in total. The number of aliphatic hydroxyl groups excluding tert-OH is 1. The van der Waals surface area contributed by atoms with Crippen LogP contribution >= 0.6 is 11.3 Å². The van der Waals surface area contributed by atoms with Gasteiger partial charge in [0.15, 0.2) is 5.13 Å². The first-order valence-electron chi connectivity index (χ1n) is 11.6. The maximum atomic E-state index is 13.2. The minimum atomic E-state index is -1.10. The average molecular weight is 528 g/mol. The molecule has 0 aliphatic carbocycles. The van der Waals surface area contributed by atoms with Crippen molar-refractivity contribution >= 4 is 39.6 Å². The van der Waals surface area contributed by atoms with Crippen molar-refractivity contribution in [2.75, 3.05) is 4.90 Å². The molecule has 1 aliphatic rings. The quantitative estimate of drug-likeness (QED) is 0.110. The van der Waals surface area contributed by atoms with Crippen LogP contribution in [0.1, 0.15) is 28.3 Å². The maximum Gasteiger partial charge on any atom is 0.301 e. The molecule has 1 saturated heterocycles. The van der Waals surface area contributed by atoms with Crippen molar-refractivity contribution in [1.29, 1.82) is 0 Å². The zero-order chi connectivity index (χ0) is 26.8. The molecule has 4 aromatic rings. The first kappa shape index (κ1) is 24.8. The number of anilines is 1. The zero-order valence-electron chi connectivity index (χ0n) is 20.1. The Hall–Kier alpha value is -4.83. The lowest BCUT2D eigenvalue weighted by Crippen LogP contribution is -2.29. The molecule has 190 valence electrons. The minimum absolute atomic E-state index is 0.181. The van der Waals surface area contributed by atoms with Gasteiger partial charge in [-0.2, -0.15) is 0 Å². The first-order chi connectivity index (χ1) is 18.3. The molecule has 3 aromatic carbocycles. The monoisotopic (exact) mass is 527 g/mol. The molecular weight excluding hydrogens is 506 g/mol. The molecule has 1 aliphatic heterocycles. The Bertz CT molecular complexity index is 1560. The Morgan fingerprint density at radius 3 is 2.55 bits per heavy atom. The van der Waals surface area contributed by atoms with Crippen molar-refractivity contribution in [1.82, 2.24) is 4.98 Å². The van der Waals surface area contributed by atoms with Gasteiger partial charge in [-0.05, 0) is 42.3 Å². The molecule has 1 amide bonds. The summed E-state index contributed by atoms with van der Waals surface area (Å²) in [7, 11) is 0.